The molecule has 2 aromatic carbocycles. The third kappa shape index (κ3) is 4.78. The monoisotopic (exact) mass is 455 g/mol. The average Bonchev–Trinajstić information content (AvgIpc) is 2.79. The van der Waals surface area contributed by atoms with E-state index in [4.69, 9.17) is 25.5 Å². The van der Waals surface area contributed by atoms with Crippen LogP contribution in [0.25, 0.3) is 11.0 Å². The normalized spacial score (nSPS) is 13.8. The molecule has 1 aliphatic rings. The number of esters is 1. The molecule has 32 heavy (non-hydrogen) atoms. The van der Waals surface area contributed by atoms with Crippen LogP contribution in [0, 0.1) is 0 Å². The second-order valence-electron chi connectivity index (χ2n) is 7.68. The number of rotatable bonds is 5. The van der Waals surface area contributed by atoms with E-state index in [0.29, 0.717) is 17.6 Å². The van der Waals surface area contributed by atoms with Crippen LogP contribution in [0.4, 0.5) is 4.79 Å². The van der Waals surface area contributed by atoms with E-state index in [1.54, 1.807) is 6.07 Å². The van der Waals surface area contributed by atoms with Gasteiger partial charge in [-0.05, 0) is 49.8 Å². The number of ether oxygens (including phenoxy) is 2. The molecule has 0 radical (unpaired) electrons. The van der Waals surface area contributed by atoms with Crippen molar-refractivity contribution in [3.05, 3.63) is 74.6 Å². The van der Waals surface area contributed by atoms with Crippen molar-refractivity contribution in [2.75, 3.05) is 0 Å². The summed E-state index contributed by atoms with van der Waals surface area (Å²) in [6, 6.07) is 11.3. The summed E-state index contributed by atoms with van der Waals surface area (Å²) in [7, 11) is 0. The van der Waals surface area contributed by atoms with Crippen LogP contribution in [0.15, 0.2) is 51.7 Å². The Morgan fingerprint density at radius 3 is 2.59 bits per heavy atom. The number of carbonyl (C=O) groups excluding carboxylic acids is 2. The van der Waals surface area contributed by atoms with E-state index in [-0.39, 0.29) is 23.0 Å². The Balaban J connectivity index is 1.44. The van der Waals surface area contributed by atoms with Gasteiger partial charge < -0.3 is 19.2 Å². The van der Waals surface area contributed by atoms with E-state index in [9.17, 15) is 14.4 Å². The van der Waals surface area contributed by atoms with Crippen molar-refractivity contribution in [3.8, 4) is 5.75 Å². The van der Waals surface area contributed by atoms with E-state index in [2.05, 4.69) is 5.32 Å². The van der Waals surface area contributed by atoms with Crippen LogP contribution in [0.3, 0.4) is 0 Å². The molecule has 4 rings (SSSR count). The van der Waals surface area contributed by atoms with Gasteiger partial charge >= 0.3 is 17.7 Å². The van der Waals surface area contributed by atoms with Gasteiger partial charge in [-0.25, -0.2) is 14.4 Å². The molecule has 1 atom stereocenters. The fourth-order valence-electron chi connectivity index (χ4n) is 3.72. The van der Waals surface area contributed by atoms with E-state index in [0.717, 1.165) is 35.8 Å². The smallest absolute Gasteiger partial charge is 0.408 e. The van der Waals surface area contributed by atoms with Crippen LogP contribution < -0.4 is 15.7 Å². The highest BCUT2D eigenvalue weighted by atomic mass is 35.5. The van der Waals surface area contributed by atoms with Gasteiger partial charge in [0.1, 0.15) is 18.2 Å². The number of hydrogen-bond donors (Lipinski definition) is 1. The van der Waals surface area contributed by atoms with Crippen molar-refractivity contribution < 1.29 is 23.5 Å². The number of amides is 1. The average molecular weight is 456 g/mol. The summed E-state index contributed by atoms with van der Waals surface area (Å²) in [4.78, 5) is 36.8. The number of hydrogen-bond acceptors (Lipinski definition) is 6. The van der Waals surface area contributed by atoms with Crippen molar-refractivity contribution in [3.63, 3.8) is 0 Å². The van der Waals surface area contributed by atoms with Gasteiger partial charge in [0.15, 0.2) is 5.75 Å². The minimum Gasteiger partial charge on any atom is -0.445 e. The number of carbonyl (C=O) groups is 2. The summed E-state index contributed by atoms with van der Waals surface area (Å²) in [6.45, 7) is 1.55. The summed E-state index contributed by atoms with van der Waals surface area (Å²) >= 11 is 6.35. The summed E-state index contributed by atoms with van der Waals surface area (Å²) in [5.41, 5.74) is 2.40. The highest BCUT2D eigenvalue weighted by molar-refractivity contribution is 6.33. The zero-order chi connectivity index (χ0) is 22.7. The number of halogens is 1. The standard InChI is InChI=1S/C24H22ClNO6/c1-14(26-24(29)30-13-15-7-3-2-4-8-15)22(27)32-21-12-20-18(11-19(21)25)16-9-5-6-10-17(16)23(28)31-20/h2-4,7-8,11-12,14H,5-6,9-10,13H2,1H3,(H,26,29)/t14-/m0/s1. The molecule has 0 saturated heterocycles. The fourth-order valence-corrected chi connectivity index (χ4v) is 3.92. The maximum Gasteiger partial charge on any atom is 0.408 e. The minimum absolute atomic E-state index is 0.0504. The molecule has 0 aliphatic heterocycles. The van der Waals surface area contributed by atoms with E-state index in [1.807, 2.05) is 30.3 Å². The summed E-state index contributed by atoms with van der Waals surface area (Å²) in [6.07, 6.45) is 2.65. The molecule has 166 valence electrons. The Hall–Kier alpha value is -3.32. The Bertz CT molecular complexity index is 1220. The minimum atomic E-state index is -0.986. The molecule has 1 aromatic heterocycles. The van der Waals surface area contributed by atoms with E-state index in [1.165, 1.54) is 13.0 Å². The van der Waals surface area contributed by atoms with Gasteiger partial charge in [0.05, 0.1) is 5.02 Å². The zero-order valence-electron chi connectivity index (χ0n) is 17.5. The molecule has 8 heteroatoms. The third-order valence-electron chi connectivity index (χ3n) is 5.39. The molecule has 1 heterocycles. The molecule has 1 N–H and O–H groups in total. The molecule has 0 fully saturated rings. The van der Waals surface area contributed by atoms with Gasteiger partial charge in [-0.15, -0.1) is 0 Å². The van der Waals surface area contributed by atoms with Gasteiger partial charge in [0, 0.05) is 17.0 Å². The van der Waals surface area contributed by atoms with Crippen LogP contribution in [-0.2, 0) is 29.0 Å². The molecule has 1 amide bonds. The Labute approximate surface area is 189 Å². The summed E-state index contributed by atoms with van der Waals surface area (Å²) < 4.78 is 15.9. The van der Waals surface area contributed by atoms with Crippen molar-refractivity contribution in [1.82, 2.24) is 5.32 Å². The molecule has 1 aliphatic carbocycles. The molecule has 0 saturated carbocycles. The topological polar surface area (TPSA) is 94.8 Å². The number of aryl methyl sites for hydroxylation is 1. The highest BCUT2D eigenvalue weighted by Crippen LogP contribution is 2.34. The lowest BCUT2D eigenvalue weighted by molar-refractivity contribution is -0.136. The zero-order valence-corrected chi connectivity index (χ0v) is 18.2. The van der Waals surface area contributed by atoms with E-state index >= 15 is 0 Å². The Morgan fingerprint density at radius 1 is 1.12 bits per heavy atom. The summed E-state index contributed by atoms with van der Waals surface area (Å²) in [5, 5.41) is 3.39. The Morgan fingerprint density at radius 2 is 1.84 bits per heavy atom. The van der Waals surface area contributed by atoms with Gasteiger partial charge in [-0.1, -0.05) is 41.9 Å². The van der Waals surface area contributed by atoms with Gasteiger partial charge in [0.2, 0.25) is 0 Å². The van der Waals surface area contributed by atoms with Gasteiger partial charge in [0.25, 0.3) is 0 Å². The number of benzene rings is 2. The Kier molecular flexibility index (Phi) is 6.46. The predicted molar refractivity (Wildman–Crippen MR) is 119 cm³/mol. The number of fused-ring (bicyclic) bond motifs is 3. The maximum absolute atomic E-state index is 12.5. The fraction of sp³-hybridized carbons (Fsp3) is 0.292. The van der Waals surface area contributed by atoms with Gasteiger partial charge in [-0.2, -0.15) is 0 Å². The van der Waals surface area contributed by atoms with Crippen LogP contribution in [0.1, 0.15) is 36.5 Å². The van der Waals surface area contributed by atoms with Crippen LogP contribution >= 0.6 is 11.6 Å². The molecule has 0 bridgehead atoms. The second-order valence-corrected chi connectivity index (χ2v) is 8.09. The first kappa shape index (κ1) is 21.9. The van der Waals surface area contributed by atoms with Crippen molar-refractivity contribution in [2.24, 2.45) is 0 Å². The molecular weight excluding hydrogens is 434 g/mol. The van der Waals surface area contributed by atoms with Crippen molar-refractivity contribution in [1.29, 1.82) is 0 Å². The first-order chi connectivity index (χ1) is 15.4. The SMILES string of the molecule is C[C@H](NC(=O)OCc1ccccc1)C(=O)Oc1cc2oc(=O)c3c(c2cc1Cl)CCCC3. The first-order valence-corrected chi connectivity index (χ1v) is 10.8. The molecule has 7 nitrogen and oxygen atoms in total. The third-order valence-corrected chi connectivity index (χ3v) is 5.68. The second kappa shape index (κ2) is 9.44. The van der Waals surface area contributed by atoms with Crippen LogP contribution in [-0.4, -0.2) is 18.1 Å². The van der Waals surface area contributed by atoms with E-state index < -0.39 is 18.1 Å². The highest BCUT2D eigenvalue weighted by Gasteiger charge is 2.23. The molecule has 0 spiro atoms. The maximum atomic E-state index is 12.5. The lowest BCUT2D eigenvalue weighted by Crippen LogP contribution is -2.41. The first-order valence-electron chi connectivity index (χ1n) is 10.4. The van der Waals surface area contributed by atoms with Gasteiger partial charge in [-0.3, -0.25) is 0 Å². The van der Waals surface area contributed by atoms with Crippen LogP contribution in [0.2, 0.25) is 5.02 Å². The molecule has 0 unspecified atom stereocenters. The largest absolute Gasteiger partial charge is 0.445 e. The van der Waals surface area contributed by atoms with Crippen molar-refractivity contribution >= 4 is 34.6 Å². The number of alkyl carbamates (subject to hydrolysis) is 1. The lowest BCUT2D eigenvalue weighted by atomic mass is 9.91. The lowest BCUT2D eigenvalue weighted by Gasteiger charge is -2.17. The van der Waals surface area contributed by atoms with Crippen LogP contribution in [0.5, 0.6) is 5.75 Å². The van der Waals surface area contributed by atoms with Crippen molar-refractivity contribution in [2.45, 2.75) is 45.3 Å². The molecular formula is C24H22ClNO6. The summed E-state index contributed by atoms with van der Waals surface area (Å²) in [5.74, 6) is -0.683. The quantitative estimate of drug-likeness (QED) is 0.344. The number of nitrogens with one attached hydrogen (secondary N) is 1. The predicted octanol–water partition coefficient (Wildman–Crippen LogP) is 4.55. The molecule has 3 aromatic rings.